The van der Waals surface area contributed by atoms with Gasteiger partial charge in [0.2, 0.25) is 0 Å². The summed E-state index contributed by atoms with van der Waals surface area (Å²) < 4.78 is 14.8. The molecule has 2 unspecified atom stereocenters. The minimum absolute atomic E-state index is 0.109. The Kier molecular flexibility index (Phi) is 19.8. The van der Waals surface area contributed by atoms with Crippen molar-refractivity contribution in [3.8, 4) is 0 Å². The zero-order chi connectivity index (χ0) is 24.0. The summed E-state index contributed by atoms with van der Waals surface area (Å²) >= 11 is 0. The van der Waals surface area contributed by atoms with Crippen LogP contribution in [0.3, 0.4) is 0 Å². The largest absolute Gasteiger partial charge is 0.509 e. The first kappa shape index (κ1) is 30.2. The summed E-state index contributed by atoms with van der Waals surface area (Å²) in [6.07, 6.45) is 9.98. The van der Waals surface area contributed by atoms with Crippen molar-refractivity contribution < 1.29 is 38.8 Å². The molecule has 0 aromatic heterocycles. The second-order valence-electron chi connectivity index (χ2n) is 8.20. The highest BCUT2D eigenvalue weighted by Crippen LogP contribution is 2.14. The molecular weight excluding hydrogens is 416 g/mol. The molecule has 32 heavy (non-hydrogen) atoms. The van der Waals surface area contributed by atoms with Gasteiger partial charge in [0.1, 0.15) is 0 Å². The standard InChI is InChI=1S/C24H44O8/c1-3-5-7-9-11-13-15-17-21(26)30-20(19-25)23(32-24(28)29)31-22(27)18-16-14-12-10-8-6-4-2/h20,23,25H,3-19H2,1-2H3,(H,28,29). The van der Waals surface area contributed by atoms with Crippen molar-refractivity contribution in [2.45, 2.75) is 129 Å². The number of hydrogen-bond acceptors (Lipinski definition) is 7. The lowest BCUT2D eigenvalue weighted by atomic mass is 10.1. The summed E-state index contributed by atoms with van der Waals surface area (Å²) in [6.45, 7) is 3.59. The van der Waals surface area contributed by atoms with E-state index in [2.05, 4.69) is 18.6 Å². The molecular formula is C24H44O8. The highest BCUT2D eigenvalue weighted by atomic mass is 16.8. The SMILES string of the molecule is CCCCCCCCCC(=O)OC(CO)C(OC(=O)O)OC(=O)CCCCCCCCC. The van der Waals surface area contributed by atoms with Gasteiger partial charge in [0.15, 0.2) is 6.10 Å². The minimum Gasteiger partial charge on any atom is -0.452 e. The number of aliphatic hydroxyl groups excluding tert-OH is 1. The number of aliphatic hydroxyl groups is 1. The maximum atomic E-state index is 12.1. The summed E-state index contributed by atoms with van der Waals surface area (Å²) in [7, 11) is 0. The third-order valence-corrected chi connectivity index (χ3v) is 5.20. The predicted molar refractivity (Wildman–Crippen MR) is 121 cm³/mol. The molecule has 8 nitrogen and oxygen atoms in total. The third-order valence-electron chi connectivity index (χ3n) is 5.20. The maximum absolute atomic E-state index is 12.1. The van der Waals surface area contributed by atoms with Crippen LogP contribution in [0.1, 0.15) is 117 Å². The Morgan fingerprint density at radius 1 is 0.625 bits per heavy atom. The molecule has 0 spiro atoms. The highest BCUT2D eigenvalue weighted by Gasteiger charge is 2.31. The normalized spacial score (nSPS) is 12.7. The van der Waals surface area contributed by atoms with E-state index in [0.29, 0.717) is 12.8 Å². The van der Waals surface area contributed by atoms with Gasteiger partial charge in [-0.25, -0.2) is 4.79 Å². The molecule has 0 saturated heterocycles. The van der Waals surface area contributed by atoms with Gasteiger partial charge in [-0.15, -0.1) is 0 Å². The van der Waals surface area contributed by atoms with E-state index in [0.717, 1.165) is 38.5 Å². The first-order valence-electron chi connectivity index (χ1n) is 12.3. The van der Waals surface area contributed by atoms with Gasteiger partial charge >= 0.3 is 18.1 Å². The molecule has 0 aromatic rings. The number of unbranched alkanes of at least 4 members (excludes halogenated alkanes) is 12. The number of esters is 2. The van der Waals surface area contributed by atoms with Crippen LogP contribution < -0.4 is 0 Å². The molecule has 0 aliphatic heterocycles. The lowest BCUT2D eigenvalue weighted by Gasteiger charge is -2.24. The summed E-state index contributed by atoms with van der Waals surface area (Å²) in [5.41, 5.74) is 0. The quantitative estimate of drug-likeness (QED) is 0.126. The van der Waals surface area contributed by atoms with Crippen LogP contribution in [0.2, 0.25) is 0 Å². The number of carbonyl (C=O) groups is 3. The molecule has 0 aliphatic carbocycles. The first-order valence-corrected chi connectivity index (χ1v) is 12.3. The monoisotopic (exact) mass is 460 g/mol. The average molecular weight is 461 g/mol. The van der Waals surface area contributed by atoms with E-state index in [1.807, 2.05) is 0 Å². The van der Waals surface area contributed by atoms with Gasteiger partial charge in [-0.2, -0.15) is 0 Å². The fourth-order valence-electron chi connectivity index (χ4n) is 3.32. The minimum atomic E-state index is -1.69. The molecule has 0 saturated carbocycles. The van der Waals surface area contributed by atoms with Gasteiger partial charge < -0.3 is 24.4 Å². The van der Waals surface area contributed by atoms with Gasteiger partial charge in [-0.3, -0.25) is 9.59 Å². The second kappa shape index (κ2) is 21.0. The van der Waals surface area contributed by atoms with Gasteiger partial charge in [0.25, 0.3) is 6.29 Å². The molecule has 8 heteroatoms. The molecule has 2 atom stereocenters. The number of hydrogen-bond donors (Lipinski definition) is 2. The van der Waals surface area contributed by atoms with Crippen LogP contribution in [0.4, 0.5) is 4.79 Å². The number of rotatable bonds is 21. The Labute approximate surface area is 193 Å². The van der Waals surface area contributed by atoms with E-state index < -0.39 is 37.1 Å². The Bertz CT molecular complexity index is 494. The van der Waals surface area contributed by atoms with Crippen LogP contribution in [-0.4, -0.2) is 47.3 Å². The van der Waals surface area contributed by atoms with Crippen molar-refractivity contribution in [2.75, 3.05) is 6.61 Å². The predicted octanol–water partition coefficient (Wildman–Crippen LogP) is 5.74. The number of carboxylic acid groups (broad SMARTS) is 1. The Balaban J connectivity index is 4.34. The molecule has 0 fully saturated rings. The van der Waals surface area contributed by atoms with Crippen LogP contribution in [0.15, 0.2) is 0 Å². The molecule has 0 amide bonds. The zero-order valence-electron chi connectivity index (χ0n) is 20.0. The van der Waals surface area contributed by atoms with Crippen LogP contribution in [0.25, 0.3) is 0 Å². The Morgan fingerprint density at radius 2 is 1.03 bits per heavy atom. The van der Waals surface area contributed by atoms with Crippen molar-refractivity contribution in [2.24, 2.45) is 0 Å². The van der Waals surface area contributed by atoms with Crippen molar-refractivity contribution in [3.63, 3.8) is 0 Å². The van der Waals surface area contributed by atoms with E-state index >= 15 is 0 Å². The van der Waals surface area contributed by atoms with E-state index in [1.165, 1.54) is 38.5 Å². The van der Waals surface area contributed by atoms with Gasteiger partial charge in [0, 0.05) is 12.8 Å². The second-order valence-corrected chi connectivity index (χ2v) is 8.20. The maximum Gasteiger partial charge on any atom is 0.509 e. The summed E-state index contributed by atoms with van der Waals surface area (Å²) in [4.78, 5) is 35.1. The van der Waals surface area contributed by atoms with Crippen LogP contribution >= 0.6 is 0 Å². The van der Waals surface area contributed by atoms with Crippen LogP contribution in [0, 0.1) is 0 Å². The molecule has 0 aliphatic rings. The fourth-order valence-corrected chi connectivity index (χ4v) is 3.32. The molecule has 0 heterocycles. The summed E-state index contributed by atoms with van der Waals surface area (Å²) in [6, 6.07) is 0. The van der Waals surface area contributed by atoms with E-state index in [-0.39, 0.29) is 12.8 Å². The lowest BCUT2D eigenvalue weighted by molar-refractivity contribution is -0.206. The van der Waals surface area contributed by atoms with Gasteiger partial charge in [-0.05, 0) is 12.8 Å². The average Bonchev–Trinajstić information content (AvgIpc) is 2.75. The van der Waals surface area contributed by atoms with Crippen molar-refractivity contribution in [3.05, 3.63) is 0 Å². The molecule has 0 radical (unpaired) electrons. The molecule has 188 valence electrons. The topological polar surface area (TPSA) is 119 Å². The van der Waals surface area contributed by atoms with Crippen LogP contribution in [-0.2, 0) is 23.8 Å². The van der Waals surface area contributed by atoms with Gasteiger partial charge in [0.05, 0.1) is 6.61 Å². The van der Waals surface area contributed by atoms with E-state index in [4.69, 9.17) is 14.6 Å². The fraction of sp³-hybridized carbons (Fsp3) is 0.875. The molecule has 2 N–H and O–H groups in total. The Morgan fingerprint density at radius 3 is 1.44 bits per heavy atom. The van der Waals surface area contributed by atoms with E-state index in [9.17, 15) is 19.5 Å². The van der Waals surface area contributed by atoms with Gasteiger partial charge in [-0.1, -0.05) is 90.9 Å². The first-order chi connectivity index (χ1) is 15.4. The Hall–Kier alpha value is -1.83. The number of carbonyl (C=O) groups excluding carboxylic acids is 2. The summed E-state index contributed by atoms with van der Waals surface area (Å²) in [5, 5.41) is 18.5. The molecule has 0 bridgehead atoms. The molecule has 0 rings (SSSR count). The van der Waals surface area contributed by atoms with Crippen molar-refractivity contribution >= 4 is 18.1 Å². The highest BCUT2D eigenvalue weighted by molar-refractivity contribution is 5.70. The number of ether oxygens (including phenoxy) is 3. The molecule has 0 aromatic carbocycles. The summed E-state index contributed by atoms with van der Waals surface area (Å²) in [5.74, 6) is -1.23. The zero-order valence-corrected chi connectivity index (χ0v) is 20.0. The van der Waals surface area contributed by atoms with Crippen molar-refractivity contribution in [1.82, 2.24) is 0 Å². The van der Waals surface area contributed by atoms with E-state index in [1.54, 1.807) is 0 Å². The third kappa shape index (κ3) is 17.8. The van der Waals surface area contributed by atoms with Crippen molar-refractivity contribution in [1.29, 1.82) is 0 Å². The smallest absolute Gasteiger partial charge is 0.452 e. The lowest BCUT2D eigenvalue weighted by Crippen LogP contribution is -2.41. The van der Waals surface area contributed by atoms with Crippen LogP contribution in [0.5, 0.6) is 0 Å².